The van der Waals surface area contributed by atoms with Gasteiger partial charge in [0.1, 0.15) is 5.69 Å². The quantitative estimate of drug-likeness (QED) is 0.811. The Bertz CT molecular complexity index is 632. The van der Waals surface area contributed by atoms with Gasteiger partial charge in [0.2, 0.25) is 5.91 Å². The Morgan fingerprint density at radius 3 is 2.91 bits per heavy atom. The number of thioether (sulfide) groups is 1. The molecule has 5 nitrogen and oxygen atoms in total. The fourth-order valence-electron chi connectivity index (χ4n) is 2.18. The maximum absolute atomic E-state index is 12.6. The van der Waals surface area contributed by atoms with Gasteiger partial charge in [-0.1, -0.05) is 18.5 Å². The summed E-state index contributed by atoms with van der Waals surface area (Å²) in [5.74, 6) is 0.779. The van der Waals surface area contributed by atoms with Crippen molar-refractivity contribution < 1.29 is 4.79 Å². The molecule has 0 bridgehead atoms. The molecular weight excluding hydrogens is 320 g/mol. The molecule has 2 heterocycles. The van der Waals surface area contributed by atoms with Crippen molar-refractivity contribution in [2.75, 3.05) is 23.5 Å². The zero-order valence-corrected chi connectivity index (χ0v) is 14.4. The number of anilines is 1. The number of pyridine rings is 1. The van der Waals surface area contributed by atoms with E-state index in [1.165, 1.54) is 0 Å². The summed E-state index contributed by atoms with van der Waals surface area (Å²) in [5.41, 5.74) is 1.43. The Morgan fingerprint density at radius 2 is 2.32 bits per heavy atom. The highest BCUT2D eigenvalue weighted by molar-refractivity contribution is 7.98. The van der Waals surface area contributed by atoms with E-state index in [0.29, 0.717) is 17.4 Å². The smallest absolute Gasteiger partial charge is 0.230 e. The SMILES string of the molecule is CCN(C(=O)[C@H](C)CSC)c1cn(-c2cccnc2)nc1Cl. The maximum Gasteiger partial charge on any atom is 0.230 e. The summed E-state index contributed by atoms with van der Waals surface area (Å²) in [6, 6.07) is 3.71. The number of nitrogens with zero attached hydrogens (tertiary/aromatic N) is 4. The molecule has 2 aromatic rings. The molecule has 0 aromatic carbocycles. The molecule has 0 saturated heterocycles. The molecule has 1 amide bonds. The number of carbonyl (C=O) groups excluding carboxylic acids is 1. The van der Waals surface area contributed by atoms with Crippen molar-refractivity contribution in [1.29, 1.82) is 0 Å². The first-order valence-corrected chi connectivity index (χ1v) is 8.81. The van der Waals surface area contributed by atoms with Crippen molar-refractivity contribution in [3.63, 3.8) is 0 Å². The van der Waals surface area contributed by atoms with Crippen LogP contribution in [0.25, 0.3) is 5.69 Å². The summed E-state index contributed by atoms with van der Waals surface area (Å²) in [6.07, 6.45) is 7.16. The lowest BCUT2D eigenvalue weighted by molar-refractivity contribution is -0.121. The summed E-state index contributed by atoms with van der Waals surface area (Å²) < 4.78 is 1.64. The number of aromatic nitrogens is 3. The summed E-state index contributed by atoms with van der Waals surface area (Å²) in [5, 5.41) is 4.60. The molecule has 2 rings (SSSR count). The lowest BCUT2D eigenvalue weighted by atomic mass is 10.2. The number of rotatable bonds is 6. The molecule has 0 N–H and O–H groups in total. The van der Waals surface area contributed by atoms with Crippen LogP contribution in [0.5, 0.6) is 0 Å². The van der Waals surface area contributed by atoms with Crippen molar-refractivity contribution in [2.24, 2.45) is 5.92 Å². The van der Waals surface area contributed by atoms with Crippen LogP contribution in [0.15, 0.2) is 30.7 Å². The Hall–Kier alpha value is -1.53. The zero-order valence-electron chi connectivity index (χ0n) is 12.9. The van der Waals surface area contributed by atoms with E-state index in [0.717, 1.165) is 11.4 Å². The van der Waals surface area contributed by atoms with Gasteiger partial charge in [0, 0.05) is 24.4 Å². The molecule has 0 aliphatic heterocycles. The van der Waals surface area contributed by atoms with E-state index in [4.69, 9.17) is 11.6 Å². The van der Waals surface area contributed by atoms with E-state index in [2.05, 4.69) is 10.1 Å². The van der Waals surface area contributed by atoms with Crippen LogP contribution in [0.4, 0.5) is 5.69 Å². The van der Waals surface area contributed by atoms with Gasteiger partial charge in [-0.3, -0.25) is 9.78 Å². The van der Waals surface area contributed by atoms with Crippen LogP contribution < -0.4 is 4.90 Å². The zero-order chi connectivity index (χ0) is 16.1. The Labute approximate surface area is 139 Å². The third-order valence-electron chi connectivity index (χ3n) is 3.27. The van der Waals surface area contributed by atoms with E-state index in [-0.39, 0.29) is 11.8 Å². The van der Waals surface area contributed by atoms with Crippen LogP contribution in [0.2, 0.25) is 5.15 Å². The molecule has 0 aliphatic carbocycles. The molecule has 0 aliphatic rings. The number of carbonyl (C=O) groups is 1. The van der Waals surface area contributed by atoms with Crippen LogP contribution >= 0.6 is 23.4 Å². The van der Waals surface area contributed by atoms with Crippen molar-refractivity contribution in [2.45, 2.75) is 13.8 Å². The lowest BCUT2D eigenvalue weighted by Gasteiger charge is -2.23. The van der Waals surface area contributed by atoms with Crippen LogP contribution in [0, 0.1) is 5.92 Å². The molecular formula is C15H19ClN4OS. The summed E-state index contributed by atoms with van der Waals surface area (Å²) in [4.78, 5) is 18.3. The first-order chi connectivity index (χ1) is 10.6. The molecule has 1 atom stereocenters. The number of halogens is 1. The molecule has 2 aromatic heterocycles. The first-order valence-electron chi connectivity index (χ1n) is 7.04. The van der Waals surface area contributed by atoms with E-state index in [9.17, 15) is 4.79 Å². The molecule has 22 heavy (non-hydrogen) atoms. The Morgan fingerprint density at radius 1 is 1.55 bits per heavy atom. The monoisotopic (exact) mass is 338 g/mol. The Kier molecular flexibility index (Phi) is 5.85. The average molecular weight is 339 g/mol. The Balaban J connectivity index is 2.31. The van der Waals surface area contributed by atoms with Gasteiger partial charge >= 0.3 is 0 Å². The largest absolute Gasteiger partial charge is 0.308 e. The molecule has 0 unspecified atom stereocenters. The highest BCUT2D eigenvalue weighted by Crippen LogP contribution is 2.27. The van der Waals surface area contributed by atoms with Gasteiger partial charge < -0.3 is 4.90 Å². The predicted octanol–water partition coefficient (Wildman–Crippen LogP) is 3.27. The molecule has 0 radical (unpaired) electrons. The molecule has 0 spiro atoms. The lowest BCUT2D eigenvalue weighted by Crippen LogP contribution is -2.36. The molecule has 118 valence electrons. The summed E-state index contributed by atoms with van der Waals surface area (Å²) in [7, 11) is 0. The second-order valence-corrected chi connectivity index (χ2v) is 6.17. The van der Waals surface area contributed by atoms with Crippen LogP contribution in [0.1, 0.15) is 13.8 Å². The van der Waals surface area contributed by atoms with E-state index in [1.807, 2.05) is 32.2 Å². The highest BCUT2D eigenvalue weighted by Gasteiger charge is 2.24. The second kappa shape index (κ2) is 7.65. The van der Waals surface area contributed by atoms with Crippen LogP contribution in [0.3, 0.4) is 0 Å². The molecule has 0 fully saturated rings. The van der Waals surface area contributed by atoms with E-state index >= 15 is 0 Å². The number of hydrogen-bond donors (Lipinski definition) is 0. The maximum atomic E-state index is 12.6. The van der Waals surface area contributed by atoms with E-state index < -0.39 is 0 Å². The van der Waals surface area contributed by atoms with E-state index in [1.54, 1.807) is 39.9 Å². The van der Waals surface area contributed by atoms with Gasteiger partial charge in [0.25, 0.3) is 0 Å². The number of hydrogen-bond acceptors (Lipinski definition) is 4. The minimum Gasteiger partial charge on any atom is -0.308 e. The fraction of sp³-hybridized carbons (Fsp3) is 0.400. The fourth-order valence-corrected chi connectivity index (χ4v) is 3.05. The van der Waals surface area contributed by atoms with Crippen molar-refractivity contribution in [3.05, 3.63) is 35.9 Å². The van der Waals surface area contributed by atoms with Crippen molar-refractivity contribution in [1.82, 2.24) is 14.8 Å². The number of amides is 1. The van der Waals surface area contributed by atoms with Gasteiger partial charge in [-0.2, -0.15) is 16.9 Å². The van der Waals surface area contributed by atoms with Crippen molar-refractivity contribution >= 4 is 35.0 Å². The minimum atomic E-state index is -0.0623. The normalized spacial score (nSPS) is 12.2. The molecule has 0 saturated carbocycles. The minimum absolute atomic E-state index is 0.0597. The van der Waals surface area contributed by atoms with Crippen molar-refractivity contribution in [3.8, 4) is 5.69 Å². The van der Waals surface area contributed by atoms with Crippen LogP contribution in [-0.4, -0.2) is 39.2 Å². The van der Waals surface area contributed by atoms with Gasteiger partial charge in [0.05, 0.1) is 18.1 Å². The molecule has 7 heteroatoms. The highest BCUT2D eigenvalue weighted by atomic mass is 35.5. The average Bonchev–Trinajstić information content (AvgIpc) is 2.91. The summed E-state index contributed by atoms with van der Waals surface area (Å²) >= 11 is 7.90. The first kappa shape index (κ1) is 16.8. The second-order valence-electron chi connectivity index (χ2n) is 4.90. The van der Waals surface area contributed by atoms with Gasteiger partial charge in [0.15, 0.2) is 5.15 Å². The van der Waals surface area contributed by atoms with Crippen LogP contribution in [-0.2, 0) is 4.79 Å². The van der Waals surface area contributed by atoms with Gasteiger partial charge in [-0.15, -0.1) is 0 Å². The standard InChI is InChI=1S/C15H19ClN4OS/c1-4-19(15(21)11(2)10-22-3)13-9-20(18-14(13)16)12-6-5-7-17-8-12/h5-9,11H,4,10H2,1-3H3/t11-/m1/s1. The van der Waals surface area contributed by atoms with Gasteiger partial charge in [-0.25, -0.2) is 4.68 Å². The topological polar surface area (TPSA) is 51.0 Å². The third kappa shape index (κ3) is 3.62. The predicted molar refractivity (Wildman–Crippen MR) is 91.9 cm³/mol. The van der Waals surface area contributed by atoms with Gasteiger partial charge in [-0.05, 0) is 25.3 Å². The summed E-state index contributed by atoms with van der Waals surface area (Å²) in [6.45, 7) is 4.42. The third-order valence-corrected chi connectivity index (χ3v) is 4.38.